The van der Waals surface area contributed by atoms with Crippen LogP contribution in [-0.2, 0) is 11.8 Å². The van der Waals surface area contributed by atoms with E-state index in [0.717, 1.165) is 5.69 Å². The van der Waals surface area contributed by atoms with E-state index >= 15 is 0 Å². The van der Waals surface area contributed by atoms with Crippen LogP contribution >= 0.6 is 0 Å². The van der Waals surface area contributed by atoms with E-state index in [1.165, 1.54) is 25.9 Å². The number of hydrogen-bond donors (Lipinski definition) is 2. The van der Waals surface area contributed by atoms with Crippen molar-refractivity contribution in [2.75, 3.05) is 25.5 Å². The van der Waals surface area contributed by atoms with Gasteiger partial charge in [-0.25, -0.2) is 4.79 Å². The highest BCUT2D eigenvalue weighted by atomic mass is 19.4. The molecule has 1 aromatic rings. The summed E-state index contributed by atoms with van der Waals surface area (Å²) in [4.78, 5) is 11.3. The van der Waals surface area contributed by atoms with Crippen molar-refractivity contribution in [3.63, 3.8) is 0 Å². The van der Waals surface area contributed by atoms with Crippen LogP contribution in [0.3, 0.4) is 0 Å². The van der Waals surface area contributed by atoms with E-state index in [1.807, 2.05) is 24.1 Å². The Kier molecular flexibility index (Phi) is 4.37. The minimum atomic E-state index is -5.08. The number of rotatable bonds is 2. The van der Waals surface area contributed by atoms with Crippen molar-refractivity contribution in [3.05, 3.63) is 12.4 Å². The average molecular weight is 320 g/mol. The lowest BCUT2D eigenvalue weighted by Gasteiger charge is -2.58. The second-order valence-corrected chi connectivity index (χ2v) is 6.13. The van der Waals surface area contributed by atoms with Gasteiger partial charge in [-0.05, 0) is 25.3 Å². The highest BCUT2D eigenvalue weighted by molar-refractivity contribution is 5.73. The van der Waals surface area contributed by atoms with E-state index in [1.54, 1.807) is 0 Å². The molecule has 1 aromatic heterocycles. The minimum Gasteiger partial charge on any atom is -0.475 e. The number of hydrogen-bond acceptors (Lipinski definition) is 4. The minimum absolute atomic E-state index is 0.661. The SMILES string of the molecule is CN1CC2(CC(Nc3cnn(C)c3)C2)C1.O=C(O)C(F)(F)F. The van der Waals surface area contributed by atoms with Gasteiger partial charge in [0.05, 0.1) is 11.9 Å². The first-order chi connectivity index (χ1) is 10.1. The van der Waals surface area contributed by atoms with Gasteiger partial charge >= 0.3 is 12.1 Å². The maximum Gasteiger partial charge on any atom is 0.490 e. The van der Waals surface area contributed by atoms with Crippen LogP contribution in [0.5, 0.6) is 0 Å². The molecule has 2 N–H and O–H groups in total. The lowest BCUT2D eigenvalue weighted by molar-refractivity contribution is -0.192. The molecular weight excluding hydrogens is 301 g/mol. The first-order valence-corrected chi connectivity index (χ1v) is 6.83. The number of carbonyl (C=O) groups is 1. The Balaban J connectivity index is 0.000000217. The monoisotopic (exact) mass is 320 g/mol. The number of aryl methyl sites for hydroxylation is 1. The largest absolute Gasteiger partial charge is 0.490 e. The molecule has 0 aromatic carbocycles. The summed E-state index contributed by atoms with van der Waals surface area (Å²) in [7, 11) is 4.15. The van der Waals surface area contributed by atoms with Crippen LogP contribution in [0.1, 0.15) is 12.8 Å². The number of aliphatic carboxylic acids is 1. The first kappa shape index (κ1) is 16.6. The fourth-order valence-electron chi connectivity index (χ4n) is 3.18. The van der Waals surface area contributed by atoms with Crippen LogP contribution in [0.15, 0.2) is 12.4 Å². The first-order valence-electron chi connectivity index (χ1n) is 6.83. The zero-order valence-electron chi connectivity index (χ0n) is 12.4. The lowest BCUT2D eigenvalue weighted by Crippen LogP contribution is -2.63. The highest BCUT2D eigenvalue weighted by Gasteiger charge is 2.50. The van der Waals surface area contributed by atoms with Gasteiger partial charge in [0.1, 0.15) is 0 Å². The van der Waals surface area contributed by atoms with Crippen LogP contribution in [0.4, 0.5) is 18.9 Å². The van der Waals surface area contributed by atoms with E-state index in [2.05, 4.69) is 22.4 Å². The maximum atomic E-state index is 10.6. The summed E-state index contributed by atoms with van der Waals surface area (Å²) < 4.78 is 33.6. The molecule has 1 spiro atoms. The van der Waals surface area contributed by atoms with Crippen molar-refractivity contribution < 1.29 is 23.1 Å². The molecule has 0 bridgehead atoms. The van der Waals surface area contributed by atoms with Gasteiger partial charge in [0, 0.05) is 32.4 Å². The summed E-state index contributed by atoms with van der Waals surface area (Å²) >= 11 is 0. The molecular formula is C13H19F3N4O2. The molecule has 22 heavy (non-hydrogen) atoms. The predicted octanol–water partition coefficient (Wildman–Crippen LogP) is 1.56. The Morgan fingerprint density at radius 1 is 1.41 bits per heavy atom. The van der Waals surface area contributed by atoms with E-state index in [-0.39, 0.29) is 0 Å². The number of alkyl halides is 3. The van der Waals surface area contributed by atoms with Gasteiger partial charge in [0.25, 0.3) is 0 Å². The molecule has 0 amide bonds. The zero-order valence-corrected chi connectivity index (χ0v) is 12.4. The Hall–Kier alpha value is -1.77. The summed E-state index contributed by atoms with van der Waals surface area (Å²) in [5.41, 5.74) is 1.82. The molecule has 2 heterocycles. The van der Waals surface area contributed by atoms with Crippen LogP contribution in [0, 0.1) is 5.41 Å². The molecule has 1 saturated heterocycles. The Morgan fingerprint density at radius 2 is 1.95 bits per heavy atom. The number of nitrogens with one attached hydrogen (secondary N) is 1. The summed E-state index contributed by atoms with van der Waals surface area (Å²) in [6, 6.07) is 0.669. The molecule has 3 rings (SSSR count). The van der Waals surface area contributed by atoms with Gasteiger partial charge in [-0.15, -0.1) is 0 Å². The van der Waals surface area contributed by atoms with Crippen molar-refractivity contribution in [2.24, 2.45) is 12.5 Å². The highest BCUT2D eigenvalue weighted by Crippen LogP contribution is 2.48. The Bertz CT molecular complexity index is 530. The third-order valence-corrected chi connectivity index (χ3v) is 3.89. The fraction of sp³-hybridized carbons (Fsp3) is 0.692. The van der Waals surface area contributed by atoms with Gasteiger partial charge in [-0.1, -0.05) is 0 Å². The number of likely N-dealkylation sites (tertiary alicyclic amines) is 1. The van der Waals surface area contributed by atoms with E-state index < -0.39 is 12.1 Å². The number of aromatic nitrogens is 2. The van der Waals surface area contributed by atoms with Crippen molar-refractivity contribution >= 4 is 11.7 Å². The third kappa shape index (κ3) is 3.90. The summed E-state index contributed by atoms with van der Waals surface area (Å²) in [5.74, 6) is -2.76. The lowest BCUT2D eigenvalue weighted by atomic mass is 9.61. The van der Waals surface area contributed by atoms with Crippen molar-refractivity contribution in [2.45, 2.75) is 25.1 Å². The molecule has 9 heteroatoms. The summed E-state index contributed by atoms with van der Waals surface area (Å²) in [6.45, 7) is 2.58. The number of anilines is 1. The molecule has 2 fully saturated rings. The van der Waals surface area contributed by atoms with E-state index in [9.17, 15) is 13.2 Å². The molecule has 0 atom stereocenters. The van der Waals surface area contributed by atoms with Crippen molar-refractivity contribution in [1.29, 1.82) is 0 Å². The maximum absolute atomic E-state index is 10.6. The van der Waals surface area contributed by atoms with Crippen LogP contribution in [0.2, 0.25) is 0 Å². The standard InChI is InChI=1S/C11H18N4.C2HF3O2/c1-14-7-11(8-14)3-9(4-11)13-10-5-12-15(2)6-10;3-2(4,5)1(6)7/h5-6,9,13H,3-4,7-8H2,1-2H3;(H,6,7). The molecule has 2 aliphatic rings. The molecule has 0 unspecified atom stereocenters. The van der Waals surface area contributed by atoms with Gasteiger partial charge in [-0.3, -0.25) is 4.68 Å². The van der Waals surface area contributed by atoms with Gasteiger partial charge in [0.2, 0.25) is 0 Å². The molecule has 1 aliphatic heterocycles. The summed E-state index contributed by atoms with van der Waals surface area (Å²) in [6.07, 6.45) is 1.51. The van der Waals surface area contributed by atoms with Crippen LogP contribution in [0.25, 0.3) is 0 Å². The quantitative estimate of drug-likeness (QED) is 0.865. The number of carboxylic acid groups (broad SMARTS) is 1. The average Bonchev–Trinajstić information content (AvgIpc) is 2.70. The normalized spacial score (nSPS) is 20.6. The number of nitrogens with zero attached hydrogens (tertiary/aromatic N) is 3. The zero-order chi connectivity index (χ0) is 16.5. The fourth-order valence-corrected chi connectivity index (χ4v) is 3.18. The topological polar surface area (TPSA) is 70.4 Å². The van der Waals surface area contributed by atoms with E-state index in [0.29, 0.717) is 11.5 Å². The Labute approximate surface area is 125 Å². The van der Waals surface area contributed by atoms with Gasteiger partial charge < -0.3 is 15.3 Å². The third-order valence-electron chi connectivity index (χ3n) is 3.89. The summed E-state index contributed by atoms with van der Waals surface area (Å²) in [5, 5.41) is 14.8. The molecule has 1 saturated carbocycles. The van der Waals surface area contributed by atoms with Crippen LogP contribution in [-0.4, -0.2) is 58.1 Å². The van der Waals surface area contributed by atoms with Crippen molar-refractivity contribution in [1.82, 2.24) is 14.7 Å². The number of carboxylic acids is 1. The molecule has 6 nitrogen and oxygen atoms in total. The molecule has 124 valence electrons. The Morgan fingerprint density at radius 3 is 2.32 bits per heavy atom. The second-order valence-electron chi connectivity index (χ2n) is 6.13. The van der Waals surface area contributed by atoms with Gasteiger partial charge in [-0.2, -0.15) is 18.3 Å². The van der Waals surface area contributed by atoms with Crippen LogP contribution < -0.4 is 5.32 Å². The molecule has 1 aliphatic carbocycles. The van der Waals surface area contributed by atoms with E-state index in [4.69, 9.17) is 9.90 Å². The molecule has 0 radical (unpaired) electrons. The number of halogens is 3. The predicted molar refractivity (Wildman–Crippen MR) is 73.5 cm³/mol. The van der Waals surface area contributed by atoms with Crippen molar-refractivity contribution in [3.8, 4) is 0 Å². The van der Waals surface area contributed by atoms with Gasteiger partial charge in [0.15, 0.2) is 0 Å². The smallest absolute Gasteiger partial charge is 0.475 e. The second kappa shape index (κ2) is 5.79.